The fourth-order valence-electron chi connectivity index (χ4n) is 3.22. The molecule has 0 aromatic heterocycles. The monoisotopic (exact) mass is 546 g/mol. The molecule has 4 unspecified atom stereocenters. The van der Waals surface area contributed by atoms with Crippen molar-refractivity contribution >= 4 is 47.3 Å². The summed E-state index contributed by atoms with van der Waals surface area (Å²) in [5, 5.41) is 17.1. The molecule has 4 atom stereocenters. The molecule has 212 valence electrons. The molecule has 0 radical (unpaired) electrons. The Morgan fingerprint density at radius 3 is 1.89 bits per heavy atom. The highest BCUT2D eigenvalue weighted by Crippen LogP contribution is 2.08. The number of carboxylic acids is 1. The Hall–Kier alpha value is -3.07. The second-order valence-electron chi connectivity index (χ2n) is 8.99. The Balaban J connectivity index is 5.58. The second kappa shape index (κ2) is 18.2. The van der Waals surface area contributed by atoms with Gasteiger partial charge in [0.05, 0.1) is 6.04 Å². The maximum atomic E-state index is 13.1. The van der Waals surface area contributed by atoms with E-state index in [2.05, 4.69) is 20.9 Å². The summed E-state index contributed by atoms with van der Waals surface area (Å²) in [6.45, 7) is 3.86. The third-order valence-electron chi connectivity index (χ3n) is 5.18. The maximum Gasteiger partial charge on any atom is 0.326 e. The van der Waals surface area contributed by atoms with E-state index >= 15 is 0 Å². The predicted molar refractivity (Wildman–Crippen MR) is 142 cm³/mol. The van der Waals surface area contributed by atoms with Crippen LogP contribution in [0, 0.1) is 5.92 Å². The molecule has 15 heteroatoms. The van der Waals surface area contributed by atoms with Gasteiger partial charge in [-0.2, -0.15) is 11.8 Å². The number of thioether (sulfide) groups is 1. The van der Waals surface area contributed by atoms with E-state index < -0.39 is 53.8 Å². The number of rotatable bonds is 19. The van der Waals surface area contributed by atoms with Crippen LogP contribution in [0.1, 0.15) is 52.4 Å². The summed E-state index contributed by atoms with van der Waals surface area (Å²) in [6.07, 6.45) is 2.62. The van der Waals surface area contributed by atoms with E-state index in [4.69, 9.17) is 22.9 Å². The molecule has 0 saturated heterocycles. The van der Waals surface area contributed by atoms with Crippen molar-refractivity contribution in [2.24, 2.45) is 33.8 Å². The largest absolute Gasteiger partial charge is 0.480 e. The summed E-state index contributed by atoms with van der Waals surface area (Å²) in [5.74, 6) is -3.35. The van der Waals surface area contributed by atoms with Crippen LogP contribution in [0.4, 0.5) is 0 Å². The molecule has 4 amide bonds. The molecule has 0 fully saturated rings. The number of carbonyl (C=O) groups is 5. The van der Waals surface area contributed by atoms with Gasteiger partial charge in [0.2, 0.25) is 23.6 Å². The first-order valence-electron chi connectivity index (χ1n) is 12.0. The van der Waals surface area contributed by atoms with E-state index in [1.807, 2.05) is 20.1 Å². The summed E-state index contributed by atoms with van der Waals surface area (Å²) >= 11 is 1.45. The van der Waals surface area contributed by atoms with Gasteiger partial charge in [-0.1, -0.05) is 13.8 Å². The number of nitrogens with two attached hydrogens (primary N) is 4. The average molecular weight is 547 g/mol. The number of carbonyl (C=O) groups excluding carboxylic acids is 4. The van der Waals surface area contributed by atoms with Crippen molar-refractivity contribution in [2.75, 3.05) is 18.6 Å². The van der Waals surface area contributed by atoms with Crippen molar-refractivity contribution in [1.29, 1.82) is 0 Å². The molecular formula is C22H42N8O6S. The van der Waals surface area contributed by atoms with E-state index in [1.165, 1.54) is 11.8 Å². The van der Waals surface area contributed by atoms with E-state index in [0.29, 0.717) is 12.2 Å². The zero-order valence-corrected chi connectivity index (χ0v) is 22.5. The molecule has 0 rings (SSSR count). The van der Waals surface area contributed by atoms with Crippen LogP contribution in [0.15, 0.2) is 4.99 Å². The van der Waals surface area contributed by atoms with Gasteiger partial charge in [0.1, 0.15) is 18.1 Å². The first kappa shape index (κ1) is 33.9. The van der Waals surface area contributed by atoms with Crippen molar-refractivity contribution in [3.05, 3.63) is 0 Å². The van der Waals surface area contributed by atoms with Crippen LogP contribution in [-0.2, 0) is 24.0 Å². The van der Waals surface area contributed by atoms with Crippen LogP contribution < -0.4 is 38.9 Å². The zero-order chi connectivity index (χ0) is 28.5. The number of aliphatic carboxylic acids is 1. The normalized spacial score (nSPS) is 14.1. The van der Waals surface area contributed by atoms with Crippen LogP contribution in [0.2, 0.25) is 0 Å². The number of nitrogens with zero attached hydrogens (tertiary/aromatic N) is 1. The molecule has 37 heavy (non-hydrogen) atoms. The number of carboxylic acid groups (broad SMARTS) is 1. The SMILES string of the molecule is CSCCC(NC(=O)C(CCCN=C(N)N)NC(=O)C(N)CCC(N)=O)C(=O)NC(CC(C)C)C(=O)O. The molecule has 0 bridgehead atoms. The van der Waals surface area contributed by atoms with Gasteiger partial charge < -0.3 is 44.0 Å². The first-order chi connectivity index (χ1) is 17.3. The van der Waals surface area contributed by atoms with Gasteiger partial charge in [0.25, 0.3) is 0 Å². The van der Waals surface area contributed by atoms with E-state index in [1.54, 1.807) is 0 Å². The highest BCUT2D eigenvalue weighted by atomic mass is 32.2. The lowest BCUT2D eigenvalue weighted by Crippen LogP contribution is -2.57. The van der Waals surface area contributed by atoms with Gasteiger partial charge in [-0.3, -0.25) is 24.2 Å². The zero-order valence-electron chi connectivity index (χ0n) is 21.7. The standard InChI is InChI=1S/C22H42N8O6S/c1-12(2)11-16(21(35)36)30-20(34)15(8-10-37-3)29-19(33)14(5-4-9-27-22(25)26)28-18(32)13(23)6-7-17(24)31/h12-16H,4-11,23H2,1-3H3,(H2,24,31)(H,28,32)(H,29,33)(H,30,34)(H,35,36)(H4,25,26,27). The number of aliphatic imine (C=N–C) groups is 1. The lowest BCUT2D eigenvalue weighted by molar-refractivity contribution is -0.142. The summed E-state index contributed by atoms with van der Waals surface area (Å²) < 4.78 is 0. The summed E-state index contributed by atoms with van der Waals surface area (Å²) in [7, 11) is 0. The summed E-state index contributed by atoms with van der Waals surface area (Å²) in [6, 6.07) is -4.31. The second-order valence-corrected chi connectivity index (χ2v) is 9.98. The quantitative estimate of drug-likeness (QED) is 0.0500. The Labute approximate surface area is 221 Å². The minimum Gasteiger partial charge on any atom is -0.480 e. The molecular weight excluding hydrogens is 504 g/mol. The van der Waals surface area contributed by atoms with Crippen molar-refractivity contribution in [1.82, 2.24) is 16.0 Å². The third-order valence-corrected chi connectivity index (χ3v) is 5.83. The Morgan fingerprint density at radius 2 is 1.41 bits per heavy atom. The smallest absolute Gasteiger partial charge is 0.326 e. The lowest BCUT2D eigenvalue weighted by atomic mass is 10.0. The number of hydrogen-bond acceptors (Lipinski definition) is 8. The Kier molecular flexibility index (Phi) is 16.7. The van der Waals surface area contributed by atoms with E-state index in [0.717, 1.165) is 0 Å². The first-order valence-corrected chi connectivity index (χ1v) is 13.4. The number of primary amides is 1. The van der Waals surface area contributed by atoms with Crippen LogP contribution >= 0.6 is 11.8 Å². The molecule has 0 spiro atoms. The van der Waals surface area contributed by atoms with Gasteiger partial charge in [0, 0.05) is 13.0 Å². The van der Waals surface area contributed by atoms with Gasteiger partial charge in [-0.25, -0.2) is 4.79 Å². The summed E-state index contributed by atoms with van der Waals surface area (Å²) in [5.41, 5.74) is 21.6. The maximum absolute atomic E-state index is 13.1. The Bertz CT molecular complexity index is 806. The van der Waals surface area contributed by atoms with Crippen molar-refractivity contribution in [3.8, 4) is 0 Å². The number of amides is 4. The molecule has 0 aromatic rings. The highest BCUT2D eigenvalue weighted by Gasteiger charge is 2.30. The van der Waals surface area contributed by atoms with Crippen molar-refractivity contribution in [2.45, 2.75) is 76.5 Å². The molecule has 0 heterocycles. The van der Waals surface area contributed by atoms with Gasteiger partial charge in [-0.15, -0.1) is 0 Å². The minimum absolute atomic E-state index is 0.00527. The van der Waals surface area contributed by atoms with Crippen molar-refractivity contribution in [3.63, 3.8) is 0 Å². The van der Waals surface area contributed by atoms with Crippen molar-refractivity contribution < 1.29 is 29.1 Å². The number of nitrogens with one attached hydrogen (secondary N) is 3. The van der Waals surface area contributed by atoms with Crippen LogP contribution in [-0.4, -0.2) is 83.4 Å². The molecule has 14 nitrogen and oxygen atoms in total. The molecule has 0 aliphatic carbocycles. The topological polar surface area (TPSA) is 258 Å². The fourth-order valence-corrected chi connectivity index (χ4v) is 3.69. The Morgan fingerprint density at radius 1 is 0.865 bits per heavy atom. The number of guanidine groups is 1. The fraction of sp³-hybridized carbons (Fsp3) is 0.727. The van der Waals surface area contributed by atoms with Crippen LogP contribution in [0.25, 0.3) is 0 Å². The van der Waals surface area contributed by atoms with Crippen LogP contribution in [0.3, 0.4) is 0 Å². The van der Waals surface area contributed by atoms with Gasteiger partial charge in [-0.05, 0) is 50.0 Å². The summed E-state index contributed by atoms with van der Waals surface area (Å²) in [4.78, 5) is 65.0. The van der Waals surface area contributed by atoms with Gasteiger partial charge in [0.15, 0.2) is 5.96 Å². The van der Waals surface area contributed by atoms with E-state index in [-0.39, 0.29) is 50.5 Å². The predicted octanol–water partition coefficient (Wildman–Crippen LogP) is -2.03. The third kappa shape index (κ3) is 15.6. The molecule has 0 aromatic carbocycles. The number of hydrogen-bond donors (Lipinski definition) is 8. The molecule has 0 saturated carbocycles. The lowest BCUT2D eigenvalue weighted by Gasteiger charge is -2.25. The molecule has 12 N–H and O–H groups in total. The highest BCUT2D eigenvalue weighted by molar-refractivity contribution is 7.98. The minimum atomic E-state index is -1.17. The average Bonchev–Trinajstić information content (AvgIpc) is 2.80. The molecule has 0 aliphatic heterocycles. The van der Waals surface area contributed by atoms with Gasteiger partial charge >= 0.3 is 5.97 Å². The van der Waals surface area contributed by atoms with Crippen LogP contribution in [0.5, 0.6) is 0 Å². The van der Waals surface area contributed by atoms with E-state index in [9.17, 15) is 29.1 Å². The molecule has 0 aliphatic rings.